The predicted octanol–water partition coefficient (Wildman–Crippen LogP) is 0.977. The largest absolute Gasteiger partial charge is 0.481 e. The van der Waals surface area contributed by atoms with Gasteiger partial charge in [0.25, 0.3) is 0 Å². The van der Waals surface area contributed by atoms with Crippen LogP contribution < -0.4 is 11.1 Å². The maximum Gasteiger partial charge on any atom is 0.305 e. The molecule has 0 spiro atoms. The summed E-state index contributed by atoms with van der Waals surface area (Å²) in [5, 5.41) is 20.4. The van der Waals surface area contributed by atoms with Crippen LogP contribution in [0.2, 0.25) is 0 Å². The van der Waals surface area contributed by atoms with Crippen molar-refractivity contribution in [1.82, 2.24) is 0 Å². The zero-order valence-electron chi connectivity index (χ0n) is 9.98. The number of nitrogens with one attached hydrogen (secondary N) is 1. The van der Waals surface area contributed by atoms with Crippen molar-refractivity contribution in [3.05, 3.63) is 16.0 Å². The zero-order valence-corrected chi connectivity index (χ0v) is 10.8. The van der Waals surface area contributed by atoms with Crippen LogP contribution in [0.4, 0.5) is 5.00 Å². The van der Waals surface area contributed by atoms with Gasteiger partial charge in [-0.2, -0.15) is 5.26 Å². The molecule has 0 bridgehead atoms. The predicted molar refractivity (Wildman–Crippen MR) is 67.4 cm³/mol. The quantitative estimate of drug-likeness (QED) is 0.751. The van der Waals surface area contributed by atoms with Gasteiger partial charge in [0.2, 0.25) is 5.91 Å². The SMILES string of the molecule is Cc1sc(NC(=O)C(N)CC(=O)O)c(C#N)c1C. The highest BCUT2D eigenvalue weighted by Gasteiger charge is 2.20. The highest BCUT2D eigenvalue weighted by Crippen LogP contribution is 2.31. The maximum atomic E-state index is 11.6. The summed E-state index contributed by atoms with van der Waals surface area (Å²) in [6.07, 6.45) is -0.447. The molecule has 0 saturated heterocycles. The number of carboxylic acid groups (broad SMARTS) is 1. The minimum Gasteiger partial charge on any atom is -0.481 e. The molecular weight excluding hydrogens is 254 g/mol. The number of anilines is 1. The molecule has 0 fully saturated rings. The van der Waals surface area contributed by atoms with Gasteiger partial charge in [-0.1, -0.05) is 0 Å². The Morgan fingerprint density at radius 3 is 2.67 bits per heavy atom. The average molecular weight is 267 g/mol. The molecule has 1 atom stereocenters. The van der Waals surface area contributed by atoms with Crippen molar-refractivity contribution in [2.75, 3.05) is 5.32 Å². The highest BCUT2D eigenvalue weighted by molar-refractivity contribution is 7.16. The Balaban J connectivity index is 2.86. The van der Waals surface area contributed by atoms with E-state index in [9.17, 15) is 9.59 Å². The number of carbonyl (C=O) groups excluding carboxylic acids is 1. The number of hydrogen-bond donors (Lipinski definition) is 3. The van der Waals surface area contributed by atoms with Gasteiger partial charge in [-0.05, 0) is 19.4 Å². The van der Waals surface area contributed by atoms with E-state index in [0.717, 1.165) is 10.4 Å². The highest BCUT2D eigenvalue weighted by atomic mass is 32.1. The standard InChI is InChI=1S/C11H13N3O3S/c1-5-6(2)18-11(7(5)4-12)14-10(17)8(13)3-9(15)16/h8H,3,13H2,1-2H3,(H,14,17)(H,15,16). The molecule has 1 heterocycles. The summed E-state index contributed by atoms with van der Waals surface area (Å²) in [7, 11) is 0. The van der Waals surface area contributed by atoms with E-state index in [1.54, 1.807) is 6.92 Å². The van der Waals surface area contributed by atoms with E-state index < -0.39 is 24.3 Å². The van der Waals surface area contributed by atoms with Gasteiger partial charge in [0.1, 0.15) is 11.1 Å². The molecule has 1 aromatic heterocycles. The first kappa shape index (κ1) is 14.2. The molecule has 0 aliphatic carbocycles. The van der Waals surface area contributed by atoms with Crippen LogP contribution in [0.15, 0.2) is 0 Å². The molecular formula is C11H13N3O3S. The maximum absolute atomic E-state index is 11.6. The van der Waals surface area contributed by atoms with Gasteiger partial charge >= 0.3 is 5.97 Å². The third-order valence-corrected chi connectivity index (χ3v) is 3.59. The Kier molecular flexibility index (Phi) is 4.42. The molecule has 7 heteroatoms. The average Bonchev–Trinajstić information content (AvgIpc) is 2.53. The number of thiophene rings is 1. The number of amides is 1. The van der Waals surface area contributed by atoms with Crippen LogP contribution in [0.3, 0.4) is 0 Å². The summed E-state index contributed by atoms with van der Waals surface area (Å²) in [6.45, 7) is 3.63. The van der Waals surface area contributed by atoms with E-state index in [0.29, 0.717) is 10.6 Å². The Morgan fingerprint density at radius 1 is 1.56 bits per heavy atom. The lowest BCUT2D eigenvalue weighted by Crippen LogP contribution is -2.37. The topological polar surface area (TPSA) is 116 Å². The number of nitrogens with zero attached hydrogens (tertiary/aromatic N) is 1. The van der Waals surface area contributed by atoms with Gasteiger partial charge in [-0.25, -0.2) is 0 Å². The summed E-state index contributed by atoms with van der Waals surface area (Å²) in [4.78, 5) is 23.0. The van der Waals surface area contributed by atoms with E-state index in [-0.39, 0.29) is 0 Å². The number of aryl methyl sites for hydroxylation is 1. The lowest BCUT2D eigenvalue weighted by atomic mass is 10.1. The van der Waals surface area contributed by atoms with Gasteiger partial charge in [0, 0.05) is 4.88 Å². The molecule has 4 N–H and O–H groups in total. The van der Waals surface area contributed by atoms with Crippen molar-refractivity contribution >= 4 is 28.2 Å². The Labute approximate surface area is 108 Å². The summed E-state index contributed by atoms with van der Waals surface area (Å²) in [6, 6.07) is 0.880. The first-order valence-electron chi connectivity index (χ1n) is 5.15. The summed E-state index contributed by atoms with van der Waals surface area (Å²) >= 11 is 1.27. The van der Waals surface area contributed by atoms with Gasteiger partial charge in [0.05, 0.1) is 18.0 Å². The van der Waals surface area contributed by atoms with Crippen LogP contribution in [-0.2, 0) is 9.59 Å². The molecule has 1 amide bonds. The van der Waals surface area contributed by atoms with Crippen LogP contribution in [0.5, 0.6) is 0 Å². The zero-order chi connectivity index (χ0) is 13.9. The summed E-state index contributed by atoms with van der Waals surface area (Å²) < 4.78 is 0. The molecule has 1 unspecified atom stereocenters. The second kappa shape index (κ2) is 5.62. The molecule has 1 aromatic rings. The van der Waals surface area contributed by atoms with E-state index in [2.05, 4.69) is 5.32 Å². The number of aliphatic carboxylic acids is 1. The molecule has 96 valence electrons. The molecule has 0 aromatic carbocycles. The minimum atomic E-state index is -1.14. The summed E-state index contributed by atoms with van der Waals surface area (Å²) in [5.41, 5.74) is 6.64. The van der Waals surface area contributed by atoms with Crippen molar-refractivity contribution in [3.63, 3.8) is 0 Å². The van der Waals surface area contributed by atoms with Crippen molar-refractivity contribution in [1.29, 1.82) is 5.26 Å². The first-order valence-corrected chi connectivity index (χ1v) is 5.96. The Morgan fingerprint density at radius 2 is 2.17 bits per heavy atom. The van der Waals surface area contributed by atoms with Gasteiger partial charge < -0.3 is 16.2 Å². The summed E-state index contributed by atoms with van der Waals surface area (Å²) in [5.74, 6) is -1.74. The van der Waals surface area contributed by atoms with Crippen molar-refractivity contribution < 1.29 is 14.7 Å². The van der Waals surface area contributed by atoms with E-state index >= 15 is 0 Å². The second-order valence-corrected chi connectivity index (χ2v) is 5.02. The molecule has 6 nitrogen and oxygen atoms in total. The van der Waals surface area contributed by atoms with Crippen molar-refractivity contribution in [2.24, 2.45) is 5.73 Å². The number of hydrogen-bond acceptors (Lipinski definition) is 5. The van der Waals surface area contributed by atoms with E-state index in [1.165, 1.54) is 11.3 Å². The smallest absolute Gasteiger partial charge is 0.305 e. The third kappa shape index (κ3) is 3.06. The van der Waals surface area contributed by atoms with E-state index in [1.807, 2.05) is 13.0 Å². The van der Waals surface area contributed by atoms with Crippen molar-refractivity contribution in [2.45, 2.75) is 26.3 Å². The lowest BCUT2D eigenvalue weighted by Gasteiger charge is -2.08. The van der Waals surface area contributed by atoms with Crippen molar-refractivity contribution in [3.8, 4) is 6.07 Å². The Hall–Kier alpha value is -1.91. The van der Waals surface area contributed by atoms with Crippen LogP contribution in [0.1, 0.15) is 22.4 Å². The number of carbonyl (C=O) groups is 2. The fourth-order valence-electron chi connectivity index (χ4n) is 1.34. The van der Waals surface area contributed by atoms with Crippen LogP contribution in [0.25, 0.3) is 0 Å². The second-order valence-electron chi connectivity index (χ2n) is 3.79. The minimum absolute atomic E-state index is 0.397. The van der Waals surface area contributed by atoms with Crippen LogP contribution in [0, 0.1) is 25.2 Å². The normalized spacial score (nSPS) is 11.7. The number of carboxylic acids is 1. The molecule has 0 aliphatic heterocycles. The fourth-order valence-corrected chi connectivity index (χ4v) is 2.35. The molecule has 0 aliphatic rings. The fraction of sp³-hybridized carbons (Fsp3) is 0.364. The molecule has 0 radical (unpaired) electrons. The van der Waals surface area contributed by atoms with E-state index in [4.69, 9.17) is 16.1 Å². The monoisotopic (exact) mass is 267 g/mol. The number of rotatable bonds is 4. The first-order chi connectivity index (χ1) is 8.36. The Bertz CT molecular complexity index is 530. The van der Waals surface area contributed by atoms with Crippen LogP contribution in [-0.4, -0.2) is 23.0 Å². The van der Waals surface area contributed by atoms with Gasteiger partial charge in [-0.3, -0.25) is 9.59 Å². The molecule has 1 rings (SSSR count). The lowest BCUT2D eigenvalue weighted by molar-refractivity contribution is -0.138. The molecule has 18 heavy (non-hydrogen) atoms. The van der Waals surface area contributed by atoms with Crippen LogP contribution >= 0.6 is 11.3 Å². The number of nitriles is 1. The molecule has 0 saturated carbocycles. The van der Waals surface area contributed by atoms with Gasteiger partial charge in [0.15, 0.2) is 0 Å². The number of nitrogens with two attached hydrogens (primary N) is 1. The third-order valence-electron chi connectivity index (χ3n) is 2.47. The van der Waals surface area contributed by atoms with Gasteiger partial charge in [-0.15, -0.1) is 11.3 Å².